The van der Waals surface area contributed by atoms with E-state index in [2.05, 4.69) is 16.6 Å². The summed E-state index contributed by atoms with van der Waals surface area (Å²) in [6, 6.07) is 17.0. The van der Waals surface area contributed by atoms with Crippen LogP contribution in [0.1, 0.15) is 77.9 Å². The van der Waals surface area contributed by atoms with Crippen molar-refractivity contribution in [1.29, 1.82) is 0 Å². The van der Waals surface area contributed by atoms with Crippen LogP contribution in [0.5, 0.6) is 0 Å². The Morgan fingerprint density at radius 2 is 1.56 bits per heavy atom. The molecule has 1 aliphatic heterocycles. The van der Waals surface area contributed by atoms with Gasteiger partial charge in [-0.2, -0.15) is 0 Å². The largest absolute Gasteiger partial charge is 0.367 e. The molecule has 1 saturated heterocycles. The molecule has 2 unspecified atom stereocenters. The molecule has 3 aromatic carbocycles. The first-order valence-corrected chi connectivity index (χ1v) is 13.3. The van der Waals surface area contributed by atoms with Crippen molar-refractivity contribution in [3.8, 4) is 0 Å². The van der Waals surface area contributed by atoms with E-state index in [0.717, 1.165) is 52.3 Å². The summed E-state index contributed by atoms with van der Waals surface area (Å²) in [5.41, 5.74) is 5.95. The minimum atomic E-state index is -0.477. The third-order valence-corrected chi connectivity index (χ3v) is 7.45. The van der Waals surface area contributed by atoms with Gasteiger partial charge in [-0.25, -0.2) is 4.79 Å². The predicted octanol–water partition coefficient (Wildman–Crippen LogP) is 6.39. The lowest BCUT2D eigenvalue weighted by Gasteiger charge is -2.12. The molecule has 4 aromatic rings. The molecule has 7 nitrogen and oxygen atoms in total. The zero-order valence-electron chi connectivity index (χ0n) is 22.9. The molecule has 1 aromatic heterocycles. The second kappa shape index (κ2) is 10.6. The smallest absolute Gasteiger partial charge is 0.331 e. The number of nitrogens with zero attached hydrogens (tertiary/aromatic N) is 2. The molecule has 0 spiro atoms. The van der Waals surface area contributed by atoms with Crippen LogP contribution in [-0.2, 0) is 20.9 Å². The molecule has 1 fully saturated rings. The number of hydrogen-bond donors (Lipinski definition) is 0. The Morgan fingerprint density at radius 3 is 2.15 bits per heavy atom. The van der Waals surface area contributed by atoms with Gasteiger partial charge in [-0.05, 0) is 88.1 Å². The molecule has 39 heavy (non-hydrogen) atoms. The fourth-order valence-corrected chi connectivity index (χ4v) is 5.41. The molecular weight excluding hydrogens is 492 g/mol. The van der Waals surface area contributed by atoms with Crippen molar-refractivity contribution < 1.29 is 24.0 Å². The van der Waals surface area contributed by atoms with E-state index < -0.39 is 12.1 Å². The summed E-state index contributed by atoms with van der Waals surface area (Å²) in [6.45, 7) is 9.79. The van der Waals surface area contributed by atoms with Gasteiger partial charge in [0, 0.05) is 52.0 Å². The van der Waals surface area contributed by atoms with Crippen LogP contribution >= 0.6 is 0 Å². The number of hydrogen-bond acceptors (Lipinski definition) is 6. The summed E-state index contributed by atoms with van der Waals surface area (Å²) >= 11 is 0. The van der Waals surface area contributed by atoms with Crippen LogP contribution in [0.2, 0.25) is 0 Å². The second-order valence-corrected chi connectivity index (χ2v) is 10.2. The summed E-state index contributed by atoms with van der Waals surface area (Å²) in [5, 5.41) is 5.87. The minimum Gasteiger partial charge on any atom is -0.367 e. The topological polar surface area (TPSA) is 87.0 Å². The molecule has 1 aliphatic rings. The van der Waals surface area contributed by atoms with E-state index in [1.54, 1.807) is 25.1 Å². The van der Waals surface area contributed by atoms with Gasteiger partial charge >= 0.3 is 5.97 Å². The van der Waals surface area contributed by atoms with Crippen molar-refractivity contribution in [1.82, 2.24) is 4.57 Å². The Bertz CT molecular complexity index is 1660. The van der Waals surface area contributed by atoms with Crippen LogP contribution in [-0.4, -0.2) is 40.0 Å². The molecule has 200 valence electrons. The summed E-state index contributed by atoms with van der Waals surface area (Å²) in [5.74, 6) is -0.603. The molecule has 5 rings (SSSR count). The average Bonchev–Trinajstić information content (AvgIpc) is 3.50. The highest BCUT2D eigenvalue weighted by Crippen LogP contribution is 2.32. The Kier molecular flexibility index (Phi) is 7.19. The van der Waals surface area contributed by atoms with E-state index in [1.165, 1.54) is 6.92 Å². The van der Waals surface area contributed by atoms with Gasteiger partial charge in [0.2, 0.25) is 0 Å². The molecule has 2 atom stereocenters. The van der Waals surface area contributed by atoms with Gasteiger partial charge in [-0.15, -0.1) is 0 Å². The fourth-order valence-electron chi connectivity index (χ4n) is 5.41. The van der Waals surface area contributed by atoms with Gasteiger partial charge in [-0.1, -0.05) is 23.4 Å². The number of fused-ring (bicyclic) bond motifs is 3. The molecule has 0 aliphatic carbocycles. The van der Waals surface area contributed by atoms with Crippen molar-refractivity contribution in [2.75, 3.05) is 0 Å². The molecule has 0 saturated carbocycles. The van der Waals surface area contributed by atoms with E-state index >= 15 is 0 Å². The van der Waals surface area contributed by atoms with E-state index in [9.17, 15) is 14.4 Å². The number of carbonyl (C=O) groups excluding carboxylic acids is 3. The number of rotatable bonds is 7. The SMILES string of the molecule is CCn1c2ccc(C(=O)c3ccc(C(=O)C4CCC(C)O4)cc3C)cc2c2cc(/C(C)=N/OC(C)=O)ccc21. The van der Waals surface area contributed by atoms with Crippen LogP contribution in [0, 0.1) is 6.92 Å². The van der Waals surface area contributed by atoms with Gasteiger partial charge in [0.05, 0.1) is 11.8 Å². The number of carbonyl (C=O) groups is 3. The number of Topliss-reactive ketones (excluding diaryl/α,β-unsaturated/α-hetero) is 1. The summed E-state index contributed by atoms with van der Waals surface area (Å²) in [6.07, 6.45) is 1.28. The van der Waals surface area contributed by atoms with Gasteiger partial charge in [0.1, 0.15) is 6.10 Å². The van der Waals surface area contributed by atoms with Crippen molar-refractivity contribution in [2.24, 2.45) is 5.16 Å². The molecule has 7 heteroatoms. The van der Waals surface area contributed by atoms with E-state index in [-0.39, 0.29) is 17.7 Å². The van der Waals surface area contributed by atoms with Crippen molar-refractivity contribution in [3.63, 3.8) is 0 Å². The first-order valence-electron chi connectivity index (χ1n) is 13.3. The number of benzene rings is 3. The Balaban J connectivity index is 1.52. The maximum Gasteiger partial charge on any atom is 0.331 e. The van der Waals surface area contributed by atoms with E-state index in [4.69, 9.17) is 9.57 Å². The standard InChI is InChI=1S/C32H32N2O5/c1-6-34-28-12-9-22(20(4)33-39-21(5)35)16-26(28)27-17-24(10-13-29(27)34)31(36)25-11-8-23(15-18(25)2)32(37)30-14-7-19(3)38-30/h8-13,15-17,19,30H,6-7,14H2,1-5H3/b33-20+. The zero-order valence-corrected chi connectivity index (χ0v) is 22.9. The van der Waals surface area contributed by atoms with Crippen LogP contribution in [0.3, 0.4) is 0 Å². The summed E-state index contributed by atoms with van der Waals surface area (Å²) < 4.78 is 7.96. The van der Waals surface area contributed by atoms with Crippen LogP contribution < -0.4 is 0 Å². The Hall–Kier alpha value is -4.10. The number of aryl methyl sites for hydroxylation is 2. The van der Waals surface area contributed by atoms with Crippen LogP contribution in [0.15, 0.2) is 59.8 Å². The van der Waals surface area contributed by atoms with Crippen LogP contribution in [0.25, 0.3) is 21.8 Å². The first kappa shape index (κ1) is 26.5. The van der Waals surface area contributed by atoms with Gasteiger partial charge in [0.25, 0.3) is 0 Å². The number of ketones is 2. The number of oxime groups is 1. The van der Waals surface area contributed by atoms with Gasteiger partial charge in [-0.3, -0.25) is 9.59 Å². The maximum atomic E-state index is 13.6. The molecule has 0 radical (unpaired) electrons. The van der Waals surface area contributed by atoms with E-state index in [1.807, 2.05) is 50.2 Å². The minimum absolute atomic E-state index is 0.0291. The first-order chi connectivity index (χ1) is 18.7. The van der Waals surface area contributed by atoms with Gasteiger partial charge < -0.3 is 14.1 Å². The number of ether oxygens (including phenoxy) is 1. The average molecular weight is 525 g/mol. The molecule has 0 N–H and O–H groups in total. The monoisotopic (exact) mass is 524 g/mol. The Morgan fingerprint density at radius 1 is 0.923 bits per heavy atom. The summed E-state index contributed by atoms with van der Waals surface area (Å²) in [4.78, 5) is 42.6. The quantitative estimate of drug-likeness (QED) is 0.121. The third-order valence-electron chi connectivity index (χ3n) is 7.45. The molecule has 2 heterocycles. The van der Waals surface area contributed by atoms with E-state index in [0.29, 0.717) is 22.4 Å². The predicted molar refractivity (Wildman–Crippen MR) is 152 cm³/mol. The lowest BCUT2D eigenvalue weighted by Crippen LogP contribution is -2.21. The second-order valence-electron chi connectivity index (χ2n) is 10.2. The van der Waals surface area contributed by atoms with Gasteiger partial charge in [0.15, 0.2) is 11.6 Å². The van der Waals surface area contributed by atoms with Crippen molar-refractivity contribution in [2.45, 2.75) is 66.2 Å². The highest BCUT2D eigenvalue weighted by atomic mass is 16.7. The molecule has 0 bridgehead atoms. The highest BCUT2D eigenvalue weighted by molar-refractivity contribution is 6.16. The fraction of sp³-hybridized carbons (Fsp3) is 0.312. The number of aromatic nitrogens is 1. The molecule has 0 amide bonds. The maximum absolute atomic E-state index is 13.6. The molecular formula is C32H32N2O5. The Labute approximate surface area is 227 Å². The van der Waals surface area contributed by atoms with Crippen molar-refractivity contribution >= 4 is 45.1 Å². The zero-order chi connectivity index (χ0) is 27.8. The van der Waals surface area contributed by atoms with Crippen molar-refractivity contribution in [3.05, 3.63) is 82.4 Å². The lowest BCUT2D eigenvalue weighted by molar-refractivity contribution is -0.140. The van der Waals surface area contributed by atoms with Crippen LogP contribution in [0.4, 0.5) is 0 Å². The lowest BCUT2D eigenvalue weighted by atomic mass is 9.94. The highest BCUT2D eigenvalue weighted by Gasteiger charge is 2.29. The summed E-state index contributed by atoms with van der Waals surface area (Å²) in [7, 11) is 0. The third kappa shape index (κ3) is 5.02. The normalized spacial score (nSPS) is 17.6.